The second kappa shape index (κ2) is 8.25. The predicted octanol–water partition coefficient (Wildman–Crippen LogP) is 5.46. The highest BCUT2D eigenvalue weighted by Gasteiger charge is 2.12. The average Bonchev–Trinajstić information content (AvgIpc) is 2.66. The molecule has 0 bridgehead atoms. The number of aryl methyl sites for hydroxylation is 1. The summed E-state index contributed by atoms with van der Waals surface area (Å²) in [5.74, 6) is 0.315. The molecule has 0 aliphatic rings. The maximum Gasteiger partial charge on any atom is 0.255 e. The Morgan fingerprint density at radius 3 is 2.58 bits per heavy atom. The van der Waals surface area contributed by atoms with Crippen LogP contribution >= 0.6 is 23.4 Å². The van der Waals surface area contributed by atoms with Gasteiger partial charge in [-0.3, -0.25) is 4.79 Å². The van der Waals surface area contributed by atoms with Crippen molar-refractivity contribution in [3.8, 4) is 5.75 Å². The van der Waals surface area contributed by atoms with Gasteiger partial charge in [0.1, 0.15) is 10.8 Å². The van der Waals surface area contributed by atoms with Crippen LogP contribution in [0.25, 0.3) is 0 Å². The van der Waals surface area contributed by atoms with Gasteiger partial charge >= 0.3 is 0 Å². The van der Waals surface area contributed by atoms with Crippen LogP contribution in [0, 0.1) is 6.92 Å². The first kappa shape index (κ1) is 18.3. The number of methoxy groups -OCH3 is 1. The number of aromatic nitrogens is 1. The van der Waals surface area contributed by atoms with Crippen molar-refractivity contribution in [1.82, 2.24) is 4.98 Å². The van der Waals surface area contributed by atoms with E-state index >= 15 is 0 Å². The Morgan fingerprint density at radius 1 is 1.15 bits per heavy atom. The molecule has 4 nitrogen and oxygen atoms in total. The van der Waals surface area contributed by atoms with Gasteiger partial charge in [-0.25, -0.2) is 4.98 Å². The third-order valence-electron chi connectivity index (χ3n) is 3.71. The summed E-state index contributed by atoms with van der Waals surface area (Å²) < 4.78 is 5.29. The maximum absolute atomic E-state index is 12.5. The van der Waals surface area contributed by atoms with Crippen molar-refractivity contribution < 1.29 is 9.53 Å². The van der Waals surface area contributed by atoms with Crippen molar-refractivity contribution in [2.45, 2.75) is 16.8 Å². The Bertz CT molecular complexity index is 915. The summed E-state index contributed by atoms with van der Waals surface area (Å²) in [6, 6.07) is 16.6. The number of nitrogens with zero attached hydrogens (tertiary/aromatic N) is 1. The molecule has 26 heavy (non-hydrogen) atoms. The molecule has 3 rings (SSSR count). The van der Waals surface area contributed by atoms with Gasteiger partial charge in [-0.15, -0.1) is 0 Å². The number of rotatable bonds is 5. The molecule has 0 saturated heterocycles. The Labute approximate surface area is 161 Å². The summed E-state index contributed by atoms with van der Waals surface area (Å²) in [5, 5.41) is 4.37. The number of pyridine rings is 1. The van der Waals surface area contributed by atoms with Gasteiger partial charge < -0.3 is 10.1 Å². The molecule has 2 aromatic carbocycles. The number of hydrogen-bond donors (Lipinski definition) is 1. The second-order valence-electron chi connectivity index (χ2n) is 5.55. The van der Waals surface area contributed by atoms with Gasteiger partial charge in [0.15, 0.2) is 0 Å². The van der Waals surface area contributed by atoms with E-state index in [4.69, 9.17) is 16.3 Å². The molecule has 1 N–H and O–H groups in total. The molecule has 0 unspecified atom stereocenters. The van der Waals surface area contributed by atoms with E-state index in [9.17, 15) is 4.79 Å². The Kier molecular flexibility index (Phi) is 5.81. The highest BCUT2D eigenvalue weighted by Crippen LogP contribution is 2.31. The van der Waals surface area contributed by atoms with E-state index in [1.807, 2.05) is 37.3 Å². The summed E-state index contributed by atoms with van der Waals surface area (Å²) in [6.07, 6.45) is 1.76. The van der Waals surface area contributed by atoms with Crippen LogP contribution in [0.5, 0.6) is 5.75 Å². The molecule has 1 amide bonds. The molecule has 0 fully saturated rings. The zero-order valence-electron chi connectivity index (χ0n) is 14.3. The fourth-order valence-electron chi connectivity index (χ4n) is 2.33. The normalized spacial score (nSPS) is 10.4. The van der Waals surface area contributed by atoms with Crippen LogP contribution in [0.3, 0.4) is 0 Å². The topological polar surface area (TPSA) is 51.2 Å². The lowest BCUT2D eigenvalue weighted by molar-refractivity contribution is 0.102. The number of nitrogens with one attached hydrogen (secondary N) is 1. The number of hydrogen-bond acceptors (Lipinski definition) is 4. The molecule has 1 aromatic heterocycles. The number of carbonyl (C=O) groups is 1. The van der Waals surface area contributed by atoms with Crippen molar-refractivity contribution >= 4 is 35.0 Å². The first-order valence-electron chi connectivity index (χ1n) is 7.91. The molecular formula is C20H17ClN2O2S. The van der Waals surface area contributed by atoms with Crippen LogP contribution in [-0.4, -0.2) is 18.0 Å². The number of ether oxygens (including phenoxy) is 1. The standard InChI is InChI=1S/C20H17ClN2O2S/c1-13-11-17(18(25-2)12-16(13)21)23-20(24)14-6-8-15(9-7-14)26-19-5-3-4-10-22-19/h3-12H,1-2H3,(H,23,24). The molecule has 0 aliphatic carbocycles. The lowest BCUT2D eigenvalue weighted by Crippen LogP contribution is -2.12. The molecule has 0 atom stereocenters. The summed E-state index contributed by atoms with van der Waals surface area (Å²) >= 11 is 7.65. The lowest BCUT2D eigenvalue weighted by Gasteiger charge is -2.12. The first-order chi connectivity index (χ1) is 12.6. The summed E-state index contributed by atoms with van der Waals surface area (Å²) in [5.41, 5.74) is 2.02. The predicted molar refractivity (Wildman–Crippen MR) is 105 cm³/mol. The monoisotopic (exact) mass is 384 g/mol. The number of carbonyl (C=O) groups excluding carboxylic acids is 1. The molecule has 0 spiro atoms. The molecule has 0 radical (unpaired) electrons. The zero-order valence-corrected chi connectivity index (χ0v) is 15.9. The quantitative estimate of drug-likeness (QED) is 0.635. The third-order valence-corrected chi connectivity index (χ3v) is 5.07. The molecular weight excluding hydrogens is 368 g/mol. The number of amides is 1. The summed E-state index contributed by atoms with van der Waals surface area (Å²) in [4.78, 5) is 17.8. The maximum atomic E-state index is 12.5. The fourth-order valence-corrected chi connectivity index (χ4v) is 3.25. The number of benzene rings is 2. The van der Waals surface area contributed by atoms with Crippen LogP contribution in [0.2, 0.25) is 5.02 Å². The van der Waals surface area contributed by atoms with E-state index < -0.39 is 0 Å². The largest absolute Gasteiger partial charge is 0.495 e. The van der Waals surface area contributed by atoms with Crippen LogP contribution in [0.15, 0.2) is 70.7 Å². The highest BCUT2D eigenvalue weighted by molar-refractivity contribution is 7.99. The van der Waals surface area contributed by atoms with E-state index in [0.29, 0.717) is 22.0 Å². The Hall–Kier alpha value is -2.50. The summed E-state index contributed by atoms with van der Waals surface area (Å²) in [7, 11) is 1.54. The van der Waals surface area contributed by atoms with Crippen molar-refractivity contribution in [3.05, 3.63) is 76.9 Å². The van der Waals surface area contributed by atoms with Gasteiger partial charge in [-0.05, 0) is 55.0 Å². The van der Waals surface area contributed by atoms with E-state index in [1.54, 1.807) is 49.3 Å². The molecule has 132 valence electrons. The van der Waals surface area contributed by atoms with Crippen molar-refractivity contribution in [2.24, 2.45) is 0 Å². The van der Waals surface area contributed by atoms with Crippen LogP contribution in [0.4, 0.5) is 5.69 Å². The fraction of sp³-hybridized carbons (Fsp3) is 0.100. The SMILES string of the molecule is COc1cc(Cl)c(C)cc1NC(=O)c1ccc(Sc2ccccn2)cc1. The minimum absolute atomic E-state index is 0.209. The van der Waals surface area contributed by atoms with Gasteiger partial charge in [0, 0.05) is 27.7 Å². The highest BCUT2D eigenvalue weighted by atomic mass is 35.5. The zero-order chi connectivity index (χ0) is 18.5. The molecule has 0 aliphatic heterocycles. The first-order valence-corrected chi connectivity index (χ1v) is 9.10. The van der Waals surface area contributed by atoms with Crippen LogP contribution in [0.1, 0.15) is 15.9 Å². The van der Waals surface area contributed by atoms with Crippen LogP contribution in [-0.2, 0) is 0 Å². The van der Waals surface area contributed by atoms with Gasteiger partial charge in [-0.1, -0.05) is 29.4 Å². The molecule has 6 heteroatoms. The van der Waals surface area contributed by atoms with E-state index in [0.717, 1.165) is 15.5 Å². The van der Waals surface area contributed by atoms with E-state index in [-0.39, 0.29) is 5.91 Å². The van der Waals surface area contributed by atoms with Crippen LogP contribution < -0.4 is 10.1 Å². The van der Waals surface area contributed by atoms with Gasteiger partial charge in [0.2, 0.25) is 0 Å². The lowest BCUT2D eigenvalue weighted by atomic mass is 10.1. The molecule has 3 aromatic rings. The van der Waals surface area contributed by atoms with Crippen molar-refractivity contribution in [1.29, 1.82) is 0 Å². The van der Waals surface area contributed by atoms with Crippen molar-refractivity contribution in [3.63, 3.8) is 0 Å². The van der Waals surface area contributed by atoms with Crippen molar-refractivity contribution in [2.75, 3.05) is 12.4 Å². The Balaban J connectivity index is 1.73. The third kappa shape index (κ3) is 4.36. The number of anilines is 1. The van der Waals surface area contributed by atoms with E-state index in [2.05, 4.69) is 10.3 Å². The van der Waals surface area contributed by atoms with Gasteiger partial charge in [0.05, 0.1) is 12.8 Å². The van der Waals surface area contributed by atoms with E-state index in [1.165, 1.54) is 0 Å². The molecule has 0 saturated carbocycles. The second-order valence-corrected chi connectivity index (χ2v) is 7.05. The average molecular weight is 385 g/mol. The minimum Gasteiger partial charge on any atom is -0.495 e. The Morgan fingerprint density at radius 2 is 1.92 bits per heavy atom. The van der Waals surface area contributed by atoms with Gasteiger partial charge in [-0.2, -0.15) is 0 Å². The molecule has 1 heterocycles. The minimum atomic E-state index is -0.209. The smallest absolute Gasteiger partial charge is 0.255 e. The summed E-state index contributed by atoms with van der Waals surface area (Å²) in [6.45, 7) is 1.88. The number of halogens is 1. The van der Waals surface area contributed by atoms with Gasteiger partial charge in [0.25, 0.3) is 5.91 Å².